The fourth-order valence-electron chi connectivity index (χ4n) is 6.20. The molecule has 1 spiro atoms. The van der Waals surface area contributed by atoms with E-state index in [9.17, 15) is 19.5 Å². The topological polar surface area (TPSA) is 90.4 Å². The lowest BCUT2D eigenvalue weighted by atomic mass is 9.66. The smallest absolute Gasteiger partial charge is 0.248 e. The third-order valence-corrected chi connectivity index (χ3v) is 7.80. The quantitative estimate of drug-likeness (QED) is 0.499. The first-order chi connectivity index (χ1) is 15.5. The van der Waals surface area contributed by atoms with E-state index in [0.717, 1.165) is 0 Å². The van der Waals surface area contributed by atoms with E-state index >= 15 is 0 Å². The van der Waals surface area contributed by atoms with Gasteiger partial charge in [0, 0.05) is 26.2 Å². The van der Waals surface area contributed by atoms with Crippen LogP contribution in [0.25, 0.3) is 0 Å². The molecule has 33 heavy (non-hydrogen) atoms. The summed E-state index contributed by atoms with van der Waals surface area (Å²) in [6.07, 6.45) is 4.91. The van der Waals surface area contributed by atoms with Crippen molar-refractivity contribution < 1.29 is 24.2 Å². The molecule has 0 radical (unpaired) electrons. The highest BCUT2D eigenvalue weighted by atomic mass is 16.5. The molecule has 8 nitrogen and oxygen atoms in total. The average molecular weight is 462 g/mol. The molecule has 3 fully saturated rings. The summed E-state index contributed by atoms with van der Waals surface area (Å²) in [6.45, 7) is 15.6. The van der Waals surface area contributed by atoms with Gasteiger partial charge in [0.15, 0.2) is 0 Å². The van der Waals surface area contributed by atoms with Crippen molar-refractivity contribution in [2.45, 2.75) is 76.3 Å². The lowest BCUT2D eigenvalue weighted by molar-refractivity contribution is -0.157. The van der Waals surface area contributed by atoms with E-state index in [1.54, 1.807) is 29.0 Å². The number of likely N-dealkylation sites (tertiary alicyclic amines) is 1. The first kappa shape index (κ1) is 25.4. The van der Waals surface area contributed by atoms with E-state index < -0.39 is 35.1 Å². The van der Waals surface area contributed by atoms with Gasteiger partial charge in [-0.2, -0.15) is 0 Å². The third-order valence-electron chi connectivity index (χ3n) is 7.80. The van der Waals surface area contributed by atoms with E-state index in [1.165, 1.54) is 4.90 Å². The molecular weight excluding hydrogens is 422 g/mol. The Morgan fingerprint density at radius 2 is 1.88 bits per heavy atom. The normalized spacial score (nSPS) is 33.2. The maximum atomic E-state index is 14.0. The number of aliphatic hydroxyl groups is 1. The Morgan fingerprint density at radius 3 is 2.39 bits per heavy atom. The molecule has 3 amide bonds. The molecule has 8 heteroatoms. The number of carbonyl (C=O) groups is 3. The Hall–Kier alpha value is -2.19. The van der Waals surface area contributed by atoms with Gasteiger partial charge in [-0.1, -0.05) is 19.1 Å². The van der Waals surface area contributed by atoms with Crippen LogP contribution < -0.4 is 0 Å². The van der Waals surface area contributed by atoms with Gasteiger partial charge in [0.1, 0.15) is 11.6 Å². The average Bonchev–Trinajstić information content (AvgIpc) is 3.33. The highest BCUT2D eigenvalue weighted by Crippen LogP contribution is 2.63. The summed E-state index contributed by atoms with van der Waals surface area (Å²) in [6, 6.07) is -1.53. The molecule has 1 N–H and O–H groups in total. The van der Waals surface area contributed by atoms with E-state index in [2.05, 4.69) is 13.2 Å². The van der Waals surface area contributed by atoms with E-state index in [1.807, 2.05) is 27.7 Å². The second-order valence-electron chi connectivity index (χ2n) is 10.1. The molecule has 3 aliphatic heterocycles. The van der Waals surface area contributed by atoms with Crippen LogP contribution in [0.15, 0.2) is 25.3 Å². The minimum atomic E-state index is -1.09. The molecule has 3 heterocycles. The summed E-state index contributed by atoms with van der Waals surface area (Å²) in [5, 5.41) is 10.1. The van der Waals surface area contributed by atoms with Crippen molar-refractivity contribution in [3.05, 3.63) is 25.3 Å². The maximum absolute atomic E-state index is 14.0. The zero-order chi connectivity index (χ0) is 24.7. The number of carbonyl (C=O) groups excluding carboxylic acids is 3. The Bertz CT molecular complexity index is 825. The van der Waals surface area contributed by atoms with Crippen LogP contribution in [-0.4, -0.2) is 93.6 Å². The molecule has 0 saturated carbocycles. The Kier molecular flexibility index (Phi) is 7.10. The minimum Gasteiger partial charge on any atom is -0.394 e. The summed E-state index contributed by atoms with van der Waals surface area (Å²) < 4.78 is 6.62. The number of amides is 3. The minimum absolute atomic E-state index is 0.109. The Labute approximate surface area is 197 Å². The number of aliphatic hydroxyl groups excluding tert-OH is 1. The molecule has 0 aliphatic carbocycles. The van der Waals surface area contributed by atoms with E-state index in [-0.39, 0.29) is 30.4 Å². The Balaban J connectivity index is 2.14. The van der Waals surface area contributed by atoms with Gasteiger partial charge in [0.05, 0.1) is 30.1 Å². The first-order valence-electron chi connectivity index (χ1n) is 11.9. The van der Waals surface area contributed by atoms with Crippen molar-refractivity contribution in [2.24, 2.45) is 11.8 Å². The van der Waals surface area contributed by atoms with Gasteiger partial charge in [-0.15, -0.1) is 13.2 Å². The number of fused-ring (bicyclic) bond motifs is 1. The molecule has 0 aromatic carbocycles. The largest absolute Gasteiger partial charge is 0.394 e. The summed E-state index contributed by atoms with van der Waals surface area (Å²) in [7, 11) is 1.69. The first-order valence-corrected chi connectivity index (χ1v) is 11.9. The van der Waals surface area contributed by atoms with Crippen molar-refractivity contribution in [3.8, 4) is 0 Å². The second kappa shape index (κ2) is 9.22. The van der Waals surface area contributed by atoms with Crippen molar-refractivity contribution in [3.63, 3.8) is 0 Å². The molecule has 3 aliphatic rings. The molecule has 3 saturated heterocycles. The van der Waals surface area contributed by atoms with Gasteiger partial charge < -0.3 is 24.5 Å². The van der Waals surface area contributed by atoms with Gasteiger partial charge in [-0.25, -0.2) is 0 Å². The number of rotatable bonds is 10. The molecule has 184 valence electrons. The SMILES string of the molecule is C=CCN(C)C(=O)[C@@H]1[C@H]2C(=O)N([C@@H](CC)CO)C(C(=O)N(CC=C)C(C)C)C23CC[C@@]1(C)O3. The van der Waals surface area contributed by atoms with Gasteiger partial charge in [0.25, 0.3) is 0 Å². The van der Waals surface area contributed by atoms with Crippen molar-refractivity contribution >= 4 is 17.7 Å². The van der Waals surface area contributed by atoms with Gasteiger partial charge in [-0.05, 0) is 40.0 Å². The van der Waals surface area contributed by atoms with Crippen LogP contribution in [0, 0.1) is 11.8 Å². The molecular formula is C25H39N3O5. The highest BCUT2D eigenvalue weighted by Gasteiger charge is 2.78. The highest BCUT2D eigenvalue weighted by molar-refractivity contribution is 5.99. The van der Waals surface area contributed by atoms with E-state index in [0.29, 0.717) is 32.4 Å². The fourth-order valence-corrected chi connectivity index (χ4v) is 6.20. The van der Waals surface area contributed by atoms with Crippen molar-refractivity contribution in [1.29, 1.82) is 0 Å². The predicted molar refractivity (Wildman–Crippen MR) is 125 cm³/mol. The predicted octanol–water partition coefficient (Wildman–Crippen LogP) is 1.59. The van der Waals surface area contributed by atoms with Crippen LogP contribution in [0.4, 0.5) is 0 Å². The molecule has 6 atom stereocenters. The summed E-state index contributed by atoms with van der Waals surface area (Å²) >= 11 is 0. The lowest BCUT2D eigenvalue weighted by Crippen LogP contribution is -2.59. The zero-order valence-corrected chi connectivity index (χ0v) is 20.6. The van der Waals surface area contributed by atoms with Gasteiger partial charge >= 0.3 is 0 Å². The number of hydrogen-bond donors (Lipinski definition) is 1. The third kappa shape index (κ3) is 3.71. The van der Waals surface area contributed by atoms with Crippen LogP contribution in [0.1, 0.15) is 47.0 Å². The van der Waals surface area contributed by atoms with Crippen LogP contribution >= 0.6 is 0 Å². The lowest BCUT2D eigenvalue weighted by Gasteiger charge is -2.40. The van der Waals surface area contributed by atoms with Crippen LogP contribution in [0.3, 0.4) is 0 Å². The standard InChI is InChI=1S/C25H39N3O5/c1-8-13-26(7)21(30)18-19-22(31)28(17(10-3)15-29)20(23(32)27(14-9-2)16(4)5)25(19)12-11-24(18,6)33-25/h8-9,16-20,29H,1-2,10-15H2,3-7H3/t17-,18-,19-,20?,24+,25?/m0/s1. The molecule has 2 unspecified atom stereocenters. The van der Waals surface area contributed by atoms with Crippen molar-refractivity contribution in [2.75, 3.05) is 26.7 Å². The Morgan fingerprint density at radius 1 is 1.24 bits per heavy atom. The fraction of sp³-hybridized carbons (Fsp3) is 0.720. The summed E-state index contributed by atoms with van der Waals surface area (Å²) in [4.78, 5) is 46.3. The monoisotopic (exact) mass is 461 g/mol. The van der Waals surface area contributed by atoms with Gasteiger partial charge in [0.2, 0.25) is 17.7 Å². The summed E-state index contributed by atoms with van der Waals surface area (Å²) in [5.41, 5.74) is -1.91. The zero-order valence-electron chi connectivity index (χ0n) is 20.6. The number of nitrogens with zero attached hydrogens (tertiary/aromatic N) is 3. The molecule has 2 bridgehead atoms. The number of likely N-dealkylation sites (N-methyl/N-ethyl adjacent to an activating group) is 1. The molecule has 0 aromatic rings. The molecule has 0 aromatic heterocycles. The van der Waals surface area contributed by atoms with Crippen LogP contribution in [0.2, 0.25) is 0 Å². The van der Waals surface area contributed by atoms with Crippen molar-refractivity contribution in [1.82, 2.24) is 14.7 Å². The van der Waals surface area contributed by atoms with E-state index in [4.69, 9.17) is 4.74 Å². The second-order valence-corrected chi connectivity index (χ2v) is 10.1. The van der Waals surface area contributed by atoms with Crippen LogP contribution in [-0.2, 0) is 19.1 Å². The molecule has 3 rings (SSSR count). The summed E-state index contributed by atoms with van der Waals surface area (Å²) in [5.74, 6) is -2.11. The van der Waals surface area contributed by atoms with Crippen LogP contribution in [0.5, 0.6) is 0 Å². The number of ether oxygens (including phenoxy) is 1. The maximum Gasteiger partial charge on any atom is 0.248 e. The number of hydrogen-bond acceptors (Lipinski definition) is 5. The van der Waals surface area contributed by atoms with Gasteiger partial charge in [-0.3, -0.25) is 14.4 Å².